The topological polar surface area (TPSA) is 67.2 Å². The predicted octanol–water partition coefficient (Wildman–Crippen LogP) is 3.47. The SMILES string of the molecule is O=[N+]([O-])c1cccc([C@@H]2NC(=S)NC3=C2CCc2ccccc23)c1. The Labute approximate surface area is 144 Å². The molecule has 1 atom stereocenters. The molecule has 0 aromatic heterocycles. The van der Waals surface area contributed by atoms with Gasteiger partial charge in [-0.1, -0.05) is 36.4 Å². The predicted molar refractivity (Wildman–Crippen MR) is 96.4 cm³/mol. The first kappa shape index (κ1) is 14.8. The van der Waals surface area contributed by atoms with Crippen LogP contribution in [0.25, 0.3) is 5.70 Å². The smallest absolute Gasteiger partial charge is 0.269 e. The Morgan fingerprint density at radius 2 is 1.96 bits per heavy atom. The summed E-state index contributed by atoms with van der Waals surface area (Å²) in [5, 5.41) is 18.2. The standard InChI is InChI=1S/C18H15N3O2S/c22-21(23)13-6-3-5-12(10-13)16-15-9-8-11-4-1-2-7-14(11)17(15)20-18(24)19-16/h1-7,10,16H,8-9H2,(H2,19,20,24)/t16-/m0/s1. The second-order valence-electron chi connectivity index (χ2n) is 5.94. The Morgan fingerprint density at radius 1 is 1.12 bits per heavy atom. The summed E-state index contributed by atoms with van der Waals surface area (Å²) in [6.07, 6.45) is 1.85. The van der Waals surface area contributed by atoms with Crippen molar-refractivity contribution in [3.63, 3.8) is 0 Å². The van der Waals surface area contributed by atoms with Crippen molar-refractivity contribution in [1.29, 1.82) is 0 Å². The van der Waals surface area contributed by atoms with Crippen molar-refractivity contribution in [2.45, 2.75) is 18.9 Å². The fourth-order valence-corrected chi connectivity index (χ4v) is 3.68. The lowest BCUT2D eigenvalue weighted by atomic mass is 9.83. The number of benzene rings is 2. The Morgan fingerprint density at radius 3 is 2.79 bits per heavy atom. The van der Waals surface area contributed by atoms with Crippen molar-refractivity contribution in [2.75, 3.05) is 0 Å². The van der Waals surface area contributed by atoms with Gasteiger partial charge in [-0.05, 0) is 41.8 Å². The maximum Gasteiger partial charge on any atom is 0.269 e. The van der Waals surface area contributed by atoms with Crippen LogP contribution in [0.4, 0.5) is 5.69 Å². The van der Waals surface area contributed by atoms with Crippen molar-refractivity contribution in [3.8, 4) is 0 Å². The average molecular weight is 337 g/mol. The van der Waals surface area contributed by atoms with E-state index in [2.05, 4.69) is 22.8 Å². The summed E-state index contributed by atoms with van der Waals surface area (Å²) in [6, 6.07) is 14.9. The molecule has 2 aliphatic rings. The van der Waals surface area contributed by atoms with Crippen LogP contribution in [-0.2, 0) is 6.42 Å². The summed E-state index contributed by atoms with van der Waals surface area (Å²) in [7, 11) is 0. The van der Waals surface area contributed by atoms with E-state index in [1.165, 1.54) is 17.2 Å². The minimum absolute atomic E-state index is 0.0945. The molecule has 1 heterocycles. The van der Waals surface area contributed by atoms with E-state index in [-0.39, 0.29) is 16.7 Å². The van der Waals surface area contributed by atoms with Gasteiger partial charge in [-0.2, -0.15) is 0 Å². The Hall–Kier alpha value is -2.73. The molecule has 0 fully saturated rings. The van der Waals surface area contributed by atoms with Gasteiger partial charge in [0, 0.05) is 23.4 Å². The zero-order valence-corrected chi connectivity index (χ0v) is 13.6. The number of hydrogen-bond donors (Lipinski definition) is 2. The Balaban J connectivity index is 1.84. The Bertz CT molecular complexity index is 891. The van der Waals surface area contributed by atoms with Crippen molar-refractivity contribution in [3.05, 3.63) is 80.9 Å². The van der Waals surface area contributed by atoms with Gasteiger partial charge in [0.05, 0.1) is 11.0 Å². The number of thiocarbonyl (C=S) groups is 1. The number of nitrogens with one attached hydrogen (secondary N) is 2. The zero-order valence-electron chi connectivity index (χ0n) is 12.8. The number of rotatable bonds is 2. The molecule has 2 aromatic rings. The molecule has 0 saturated heterocycles. The summed E-state index contributed by atoms with van der Waals surface area (Å²) in [4.78, 5) is 10.7. The molecule has 0 amide bonds. The lowest BCUT2D eigenvalue weighted by Gasteiger charge is -2.35. The molecule has 0 spiro atoms. The van der Waals surface area contributed by atoms with Gasteiger partial charge in [0.25, 0.3) is 5.69 Å². The third-order valence-electron chi connectivity index (χ3n) is 4.55. The van der Waals surface area contributed by atoms with Gasteiger partial charge in [0.15, 0.2) is 5.11 Å². The largest absolute Gasteiger partial charge is 0.352 e. The summed E-state index contributed by atoms with van der Waals surface area (Å²) in [5.41, 5.74) is 5.65. The van der Waals surface area contributed by atoms with Gasteiger partial charge in [0.2, 0.25) is 0 Å². The van der Waals surface area contributed by atoms with Crippen LogP contribution in [0.2, 0.25) is 0 Å². The van der Waals surface area contributed by atoms with E-state index >= 15 is 0 Å². The van der Waals surface area contributed by atoms with E-state index in [1.807, 2.05) is 18.2 Å². The lowest BCUT2D eigenvalue weighted by molar-refractivity contribution is -0.384. The third-order valence-corrected chi connectivity index (χ3v) is 4.77. The van der Waals surface area contributed by atoms with E-state index in [4.69, 9.17) is 12.2 Å². The summed E-state index contributed by atoms with van der Waals surface area (Å²) in [5.74, 6) is 0. The molecule has 1 aliphatic carbocycles. The van der Waals surface area contributed by atoms with Gasteiger partial charge in [0.1, 0.15) is 0 Å². The van der Waals surface area contributed by atoms with Crippen LogP contribution in [-0.4, -0.2) is 10.0 Å². The molecule has 0 saturated carbocycles. The van der Waals surface area contributed by atoms with Crippen LogP contribution >= 0.6 is 12.2 Å². The fourth-order valence-electron chi connectivity index (χ4n) is 3.46. The molecule has 0 unspecified atom stereocenters. The van der Waals surface area contributed by atoms with Crippen LogP contribution in [0.15, 0.2) is 54.1 Å². The number of nitro groups is 1. The number of fused-ring (bicyclic) bond motifs is 2. The van der Waals surface area contributed by atoms with Crippen molar-refractivity contribution >= 4 is 28.7 Å². The highest BCUT2D eigenvalue weighted by Gasteiger charge is 2.31. The van der Waals surface area contributed by atoms with Crippen LogP contribution in [0.5, 0.6) is 0 Å². The van der Waals surface area contributed by atoms with E-state index in [0.717, 1.165) is 29.7 Å². The van der Waals surface area contributed by atoms with E-state index in [1.54, 1.807) is 12.1 Å². The lowest BCUT2D eigenvalue weighted by Crippen LogP contribution is -2.44. The van der Waals surface area contributed by atoms with Crippen LogP contribution < -0.4 is 10.6 Å². The van der Waals surface area contributed by atoms with E-state index in [9.17, 15) is 10.1 Å². The molecule has 5 nitrogen and oxygen atoms in total. The van der Waals surface area contributed by atoms with Gasteiger partial charge in [-0.15, -0.1) is 0 Å². The maximum atomic E-state index is 11.1. The monoisotopic (exact) mass is 337 g/mol. The average Bonchev–Trinajstić information content (AvgIpc) is 2.61. The van der Waals surface area contributed by atoms with Crippen molar-refractivity contribution in [1.82, 2.24) is 10.6 Å². The Kier molecular flexibility index (Phi) is 3.54. The quantitative estimate of drug-likeness (QED) is 0.499. The van der Waals surface area contributed by atoms with Gasteiger partial charge < -0.3 is 10.6 Å². The summed E-state index contributed by atoms with van der Waals surface area (Å²) in [6.45, 7) is 0. The number of nitrogens with zero attached hydrogens (tertiary/aromatic N) is 1. The highest BCUT2D eigenvalue weighted by Crippen LogP contribution is 2.39. The zero-order chi connectivity index (χ0) is 16.7. The molecule has 2 aromatic carbocycles. The van der Waals surface area contributed by atoms with Crippen molar-refractivity contribution < 1.29 is 4.92 Å². The van der Waals surface area contributed by atoms with E-state index in [0.29, 0.717) is 5.11 Å². The normalized spacial score (nSPS) is 19.0. The first-order chi connectivity index (χ1) is 11.6. The number of aryl methyl sites for hydroxylation is 1. The second-order valence-corrected chi connectivity index (χ2v) is 6.35. The van der Waals surface area contributed by atoms with Crippen LogP contribution in [0, 0.1) is 10.1 Å². The number of hydrogen-bond acceptors (Lipinski definition) is 3. The van der Waals surface area contributed by atoms with E-state index < -0.39 is 0 Å². The molecule has 6 heteroatoms. The first-order valence-electron chi connectivity index (χ1n) is 7.76. The molecule has 0 radical (unpaired) electrons. The molecule has 1 aliphatic heterocycles. The maximum absolute atomic E-state index is 11.1. The molecule has 2 N–H and O–H groups in total. The van der Waals surface area contributed by atoms with Crippen LogP contribution in [0.3, 0.4) is 0 Å². The van der Waals surface area contributed by atoms with Gasteiger partial charge in [-0.25, -0.2) is 0 Å². The fraction of sp³-hybridized carbons (Fsp3) is 0.167. The molecule has 24 heavy (non-hydrogen) atoms. The highest BCUT2D eigenvalue weighted by molar-refractivity contribution is 7.80. The first-order valence-corrected chi connectivity index (χ1v) is 8.17. The second kappa shape index (κ2) is 5.72. The third kappa shape index (κ3) is 2.45. The van der Waals surface area contributed by atoms with Gasteiger partial charge >= 0.3 is 0 Å². The molecule has 0 bridgehead atoms. The van der Waals surface area contributed by atoms with Crippen LogP contribution in [0.1, 0.15) is 29.2 Å². The molecule has 4 rings (SSSR count). The minimum atomic E-state index is -0.367. The number of non-ortho nitro benzene ring substituents is 1. The summed E-state index contributed by atoms with van der Waals surface area (Å²) >= 11 is 5.37. The minimum Gasteiger partial charge on any atom is -0.352 e. The molecule has 120 valence electrons. The molecular formula is C18H15N3O2S. The number of nitro benzene ring substituents is 1. The highest BCUT2D eigenvalue weighted by atomic mass is 32.1. The van der Waals surface area contributed by atoms with Crippen molar-refractivity contribution in [2.24, 2.45) is 0 Å². The summed E-state index contributed by atoms with van der Waals surface area (Å²) < 4.78 is 0. The van der Waals surface area contributed by atoms with Gasteiger partial charge in [-0.3, -0.25) is 10.1 Å². The molecular weight excluding hydrogens is 322 g/mol.